The molecule has 21 heavy (non-hydrogen) atoms. The van der Waals surface area contributed by atoms with Gasteiger partial charge in [0.1, 0.15) is 5.75 Å². The number of rotatable bonds is 3. The van der Waals surface area contributed by atoms with Crippen LogP contribution in [-0.2, 0) is 12.0 Å². The Morgan fingerprint density at radius 2 is 1.52 bits per heavy atom. The summed E-state index contributed by atoms with van der Waals surface area (Å²) >= 11 is 0. The summed E-state index contributed by atoms with van der Waals surface area (Å²) in [5, 5.41) is 19.6. The SMILES string of the molecule is OCc1ccc(C2(c3ccccc3O)CCCCC2)cc1. The summed E-state index contributed by atoms with van der Waals surface area (Å²) in [6, 6.07) is 15.9. The zero-order valence-electron chi connectivity index (χ0n) is 12.3. The van der Waals surface area contributed by atoms with Gasteiger partial charge in [0.05, 0.1) is 6.61 Å². The van der Waals surface area contributed by atoms with Crippen molar-refractivity contribution in [2.45, 2.75) is 44.1 Å². The van der Waals surface area contributed by atoms with Gasteiger partial charge in [0.25, 0.3) is 0 Å². The van der Waals surface area contributed by atoms with Gasteiger partial charge in [-0.05, 0) is 30.0 Å². The summed E-state index contributed by atoms with van der Waals surface area (Å²) in [5.41, 5.74) is 3.14. The van der Waals surface area contributed by atoms with E-state index < -0.39 is 0 Å². The number of aliphatic hydroxyl groups excluding tert-OH is 1. The third-order valence-corrected chi connectivity index (χ3v) is 4.82. The van der Waals surface area contributed by atoms with Crippen molar-refractivity contribution in [1.29, 1.82) is 0 Å². The molecule has 0 heterocycles. The van der Waals surface area contributed by atoms with Crippen LogP contribution in [0, 0.1) is 0 Å². The van der Waals surface area contributed by atoms with Crippen LogP contribution in [0.3, 0.4) is 0 Å². The van der Waals surface area contributed by atoms with E-state index in [-0.39, 0.29) is 12.0 Å². The smallest absolute Gasteiger partial charge is 0.119 e. The number of para-hydroxylation sites is 1. The summed E-state index contributed by atoms with van der Waals surface area (Å²) < 4.78 is 0. The lowest BCUT2D eigenvalue weighted by Gasteiger charge is -2.39. The molecule has 0 bridgehead atoms. The van der Waals surface area contributed by atoms with Crippen LogP contribution in [0.1, 0.15) is 48.8 Å². The van der Waals surface area contributed by atoms with Crippen LogP contribution in [0.2, 0.25) is 0 Å². The molecule has 0 saturated heterocycles. The third kappa shape index (κ3) is 2.56. The standard InChI is InChI=1S/C19H22O2/c20-14-15-8-10-16(11-9-15)19(12-4-1-5-13-19)17-6-2-3-7-18(17)21/h2-3,6-11,20-21H,1,4-5,12-14H2. The number of phenols is 1. The summed E-state index contributed by atoms with van der Waals surface area (Å²) in [5.74, 6) is 0.394. The fraction of sp³-hybridized carbons (Fsp3) is 0.368. The fourth-order valence-corrected chi connectivity index (χ4v) is 3.68. The molecule has 0 aromatic heterocycles. The maximum Gasteiger partial charge on any atom is 0.119 e. The molecule has 1 aliphatic carbocycles. The van der Waals surface area contributed by atoms with Gasteiger partial charge >= 0.3 is 0 Å². The maximum atomic E-state index is 10.4. The van der Waals surface area contributed by atoms with Gasteiger partial charge < -0.3 is 10.2 Å². The Hall–Kier alpha value is -1.80. The predicted molar refractivity (Wildman–Crippen MR) is 84.3 cm³/mol. The third-order valence-electron chi connectivity index (χ3n) is 4.82. The van der Waals surface area contributed by atoms with E-state index in [1.54, 1.807) is 6.07 Å². The monoisotopic (exact) mass is 282 g/mol. The zero-order chi connectivity index (χ0) is 14.7. The molecular formula is C19H22O2. The number of aliphatic hydroxyl groups is 1. The Morgan fingerprint density at radius 3 is 2.14 bits per heavy atom. The van der Waals surface area contributed by atoms with Crippen LogP contribution in [0.5, 0.6) is 5.75 Å². The normalized spacial score (nSPS) is 17.6. The molecule has 2 aromatic carbocycles. The second kappa shape index (κ2) is 5.90. The molecule has 2 aromatic rings. The molecule has 1 saturated carbocycles. The Balaban J connectivity index is 2.10. The second-order valence-corrected chi connectivity index (χ2v) is 6.01. The van der Waals surface area contributed by atoms with Gasteiger partial charge in [0, 0.05) is 11.0 Å². The van der Waals surface area contributed by atoms with Gasteiger partial charge in [-0.3, -0.25) is 0 Å². The summed E-state index contributed by atoms with van der Waals surface area (Å²) in [6.45, 7) is 0.0733. The summed E-state index contributed by atoms with van der Waals surface area (Å²) in [6.07, 6.45) is 5.79. The van der Waals surface area contributed by atoms with Crippen molar-refractivity contribution >= 4 is 0 Å². The van der Waals surface area contributed by atoms with Gasteiger partial charge in [-0.25, -0.2) is 0 Å². The van der Waals surface area contributed by atoms with Crippen LogP contribution >= 0.6 is 0 Å². The lowest BCUT2D eigenvalue weighted by Crippen LogP contribution is -2.30. The molecule has 110 valence electrons. The van der Waals surface area contributed by atoms with Crippen LogP contribution in [-0.4, -0.2) is 10.2 Å². The Labute approximate surface area is 126 Å². The molecule has 3 rings (SSSR count). The largest absolute Gasteiger partial charge is 0.508 e. The van der Waals surface area contributed by atoms with Crippen molar-refractivity contribution in [1.82, 2.24) is 0 Å². The van der Waals surface area contributed by atoms with Crippen LogP contribution < -0.4 is 0 Å². The molecule has 0 spiro atoms. The van der Waals surface area contributed by atoms with Crippen molar-refractivity contribution < 1.29 is 10.2 Å². The van der Waals surface area contributed by atoms with Gasteiger partial charge in [0.15, 0.2) is 0 Å². The van der Waals surface area contributed by atoms with Crippen molar-refractivity contribution in [2.24, 2.45) is 0 Å². The first-order valence-electron chi connectivity index (χ1n) is 7.75. The Bertz CT molecular complexity index is 595. The molecule has 0 atom stereocenters. The number of aromatic hydroxyl groups is 1. The van der Waals surface area contributed by atoms with Gasteiger partial charge in [0.2, 0.25) is 0 Å². The lowest BCUT2D eigenvalue weighted by atomic mass is 9.65. The molecule has 0 amide bonds. The average Bonchev–Trinajstić information content (AvgIpc) is 2.56. The molecule has 1 aliphatic rings. The Morgan fingerprint density at radius 1 is 0.857 bits per heavy atom. The minimum atomic E-state index is -0.0857. The van der Waals surface area contributed by atoms with E-state index >= 15 is 0 Å². The summed E-state index contributed by atoms with van der Waals surface area (Å²) in [7, 11) is 0. The fourth-order valence-electron chi connectivity index (χ4n) is 3.68. The molecule has 1 fully saturated rings. The lowest BCUT2D eigenvalue weighted by molar-refractivity contribution is 0.281. The van der Waals surface area contributed by atoms with E-state index in [0.29, 0.717) is 5.75 Å². The van der Waals surface area contributed by atoms with E-state index in [9.17, 15) is 10.2 Å². The minimum Gasteiger partial charge on any atom is -0.508 e. The predicted octanol–water partition coefficient (Wildman–Crippen LogP) is 4.13. The van der Waals surface area contributed by atoms with E-state index in [2.05, 4.69) is 18.2 Å². The van der Waals surface area contributed by atoms with Crippen molar-refractivity contribution in [2.75, 3.05) is 0 Å². The first kappa shape index (κ1) is 14.2. The molecule has 0 aliphatic heterocycles. The number of hydrogen-bond donors (Lipinski definition) is 2. The highest BCUT2D eigenvalue weighted by molar-refractivity contribution is 5.47. The van der Waals surface area contributed by atoms with Gasteiger partial charge in [-0.1, -0.05) is 61.7 Å². The number of benzene rings is 2. The minimum absolute atomic E-state index is 0.0733. The first-order chi connectivity index (χ1) is 10.3. The van der Waals surface area contributed by atoms with E-state index in [4.69, 9.17) is 0 Å². The molecule has 0 radical (unpaired) electrons. The van der Waals surface area contributed by atoms with Crippen molar-refractivity contribution in [3.8, 4) is 5.75 Å². The molecular weight excluding hydrogens is 260 g/mol. The first-order valence-corrected chi connectivity index (χ1v) is 7.75. The highest BCUT2D eigenvalue weighted by Gasteiger charge is 2.37. The zero-order valence-corrected chi connectivity index (χ0v) is 12.3. The van der Waals surface area contributed by atoms with E-state index in [1.807, 2.05) is 24.3 Å². The molecule has 2 nitrogen and oxygen atoms in total. The highest BCUT2D eigenvalue weighted by atomic mass is 16.3. The van der Waals surface area contributed by atoms with E-state index in [1.165, 1.54) is 24.8 Å². The van der Waals surface area contributed by atoms with Crippen LogP contribution in [0.4, 0.5) is 0 Å². The molecule has 2 N–H and O–H groups in total. The highest BCUT2D eigenvalue weighted by Crippen LogP contribution is 2.47. The van der Waals surface area contributed by atoms with E-state index in [0.717, 1.165) is 24.0 Å². The summed E-state index contributed by atoms with van der Waals surface area (Å²) in [4.78, 5) is 0. The second-order valence-electron chi connectivity index (χ2n) is 6.01. The van der Waals surface area contributed by atoms with Crippen LogP contribution in [0.25, 0.3) is 0 Å². The quantitative estimate of drug-likeness (QED) is 0.888. The van der Waals surface area contributed by atoms with Gasteiger partial charge in [-0.2, -0.15) is 0 Å². The molecule has 2 heteroatoms. The number of hydrogen-bond acceptors (Lipinski definition) is 2. The van der Waals surface area contributed by atoms with Gasteiger partial charge in [-0.15, -0.1) is 0 Å². The Kier molecular flexibility index (Phi) is 3.98. The van der Waals surface area contributed by atoms with Crippen LogP contribution in [0.15, 0.2) is 48.5 Å². The number of phenolic OH excluding ortho intramolecular Hbond substituents is 1. The van der Waals surface area contributed by atoms with Crippen molar-refractivity contribution in [3.05, 3.63) is 65.2 Å². The average molecular weight is 282 g/mol. The molecule has 0 unspecified atom stereocenters. The maximum absolute atomic E-state index is 10.4. The topological polar surface area (TPSA) is 40.5 Å². The van der Waals surface area contributed by atoms with Crippen molar-refractivity contribution in [3.63, 3.8) is 0 Å².